The minimum atomic E-state index is -0.503. The third-order valence-corrected chi connectivity index (χ3v) is 3.53. The van der Waals surface area contributed by atoms with Gasteiger partial charge in [0.2, 0.25) is 11.8 Å². The van der Waals surface area contributed by atoms with Crippen molar-refractivity contribution in [3.63, 3.8) is 0 Å². The van der Waals surface area contributed by atoms with E-state index in [4.69, 9.17) is 0 Å². The predicted octanol–water partition coefficient (Wildman–Crippen LogP) is 1.48. The van der Waals surface area contributed by atoms with Gasteiger partial charge in [0.1, 0.15) is 6.04 Å². The number of benzene rings is 1. The zero-order valence-electron chi connectivity index (χ0n) is 11.2. The fourth-order valence-corrected chi connectivity index (χ4v) is 2.50. The first-order chi connectivity index (χ1) is 9.66. The number of fused-ring (bicyclic) bond motifs is 1. The van der Waals surface area contributed by atoms with Crippen LogP contribution < -0.4 is 10.2 Å². The van der Waals surface area contributed by atoms with E-state index < -0.39 is 6.04 Å². The van der Waals surface area contributed by atoms with Crippen LogP contribution in [-0.4, -0.2) is 29.4 Å². The summed E-state index contributed by atoms with van der Waals surface area (Å²) < 4.78 is 0. The van der Waals surface area contributed by atoms with Crippen molar-refractivity contribution in [2.75, 3.05) is 11.4 Å². The van der Waals surface area contributed by atoms with Crippen molar-refractivity contribution in [2.45, 2.75) is 19.4 Å². The zero-order valence-corrected chi connectivity index (χ0v) is 11.2. The Kier molecular flexibility index (Phi) is 3.10. The second-order valence-electron chi connectivity index (χ2n) is 4.90. The molecule has 3 rings (SSSR count). The van der Waals surface area contributed by atoms with Gasteiger partial charge in [0.25, 0.3) is 0 Å². The molecule has 1 saturated heterocycles. The summed E-state index contributed by atoms with van der Waals surface area (Å²) in [6.45, 7) is 2.10. The molecule has 1 unspecified atom stereocenters. The molecule has 2 heterocycles. The van der Waals surface area contributed by atoms with E-state index >= 15 is 0 Å². The monoisotopic (exact) mass is 269 g/mol. The predicted molar refractivity (Wildman–Crippen MR) is 76.3 cm³/mol. The van der Waals surface area contributed by atoms with Crippen LogP contribution >= 0.6 is 0 Å². The molecule has 1 N–H and O–H groups in total. The third kappa shape index (κ3) is 2.11. The Bertz CT molecular complexity index is 678. The average molecular weight is 269 g/mol. The van der Waals surface area contributed by atoms with Crippen molar-refractivity contribution in [3.05, 3.63) is 36.7 Å². The van der Waals surface area contributed by atoms with Gasteiger partial charge in [0.05, 0.1) is 5.69 Å². The summed E-state index contributed by atoms with van der Waals surface area (Å²) in [5.74, 6) is -0.182. The molecule has 1 atom stereocenters. The molecule has 1 aliphatic rings. The Labute approximate surface area is 116 Å². The molecule has 1 aliphatic heterocycles. The Morgan fingerprint density at radius 2 is 2.15 bits per heavy atom. The summed E-state index contributed by atoms with van der Waals surface area (Å²) in [5.41, 5.74) is 0.809. The van der Waals surface area contributed by atoms with Crippen LogP contribution in [0.25, 0.3) is 10.8 Å². The Balaban J connectivity index is 2.09. The van der Waals surface area contributed by atoms with Crippen LogP contribution in [0, 0.1) is 0 Å². The molecule has 0 saturated carbocycles. The van der Waals surface area contributed by atoms with Gasteiger partial charge in [0.15, 0.2) is 0 Å². The van der Waals surface area contributed by atoms with Gasteiger partial charge in [-0.2, -0.15) is 0 Å². The molecule has 2 aromatic rings. The number of hydrogen-bond acceptors (Lipinski definition) is 3. The van der Waals surface area contributed by atoms with Crippen LogP contribution in [0.3, 0.4) is 0 Å². The maximum absolute atomic E-state index is 12.4. The second-order valence-corrected chi connectivity index (χ2v) is 4.90. The van der Waals surface area contributed by atoms with E-state index in [9.17, 15) is 9.59 Å². The lowest BCUT2D eigenvalue weighted by molar-refractivity contribution is -0.125. The van der Waals surface area contributed by atoms with Crippen LogP contribution in [0.4, 0.5) is 5.69 Å². The molecule has 1 aromatic heterocycles. The largest absolute Gasteiger partial charge is 0.345 e. The lowest BCUT2D eigenvalue weighted by atomic mass is 10.1. The Morgan fingerprint density at radius 1 is 1.30 bits per heavy atom. The van der Waals surface area contributed by atoms with E-state index in [0.29, 0.717) is 13.0 Å². The first-order valence-corrected chi connectivity index (χ1v) is 6.60. The Morgan fingerprint density at radius 3 is 3.00 bits per heavy atom. The number of aromatic nitrogens is 1. The standard InChI is InChI=1S/C15H15N3O2/c1-10-15(20)18(8-6-14(19)17-10)13-4-2-3-11-5-7-16-9-12(11)13/h2-5,7,9-10H,6,8H2,1H3,(H,17,19). The molecular formula is C15H15N3O2. The van der Waals surface area contributed by atoms with Crippen LogP contribution in [0.5, 0.6) is 0 Å². The van der Waals surface area contributed by atoms with Crippen LogP contribution in [0.15, 0.2) is 36.7 Å². The summed E-state index contributed by atoms with van der Waals surface area (Å²) >= 11 is 0. The maximum atomic E-state index is 12.4. The third-order valence-electron chi connectivity index (χ3n) is 3.53. The SMILES string of the molecule is CC1NC(=O)CCN(c2cccc3ccncc23)C1=O. The van der Waals surface area contributed by atoms with Gasteiger partial charge >= 0.3 is 0 Å². The first-order valence-electron chi connectivity index (χ1n) is 6.60. The number of nitrogens with one attached hydrogen (secondary N) is 1. The normalized spacial score (nSPS) is 19.9. The summed E-state index contributed by atoms with van der Waals surface area (Å²) in [5, 5.41) is 4.64. The van der Waals surface area contributed by atoms with Crippen LogP contribution in [-0.2, 0) is 9.59 Å². The molecule has 0 aliphatic carbocycles. The minimum absolute atomic E-state index is 0.0906. The number of anilines is 1. The highest BCUT2D eigenvalue weighted by molar-refractivity contribution is 6.07. The van der Waals surface area contributed by atoms with Gasteiger partial charge in [-0.3, -0.25) is 14.6 Å². The van der Waals surface area contributed by atoms with Crippen molar-refractivity contribution < 1.29 is 9.59 Å². The van der Waals surface area contributed by atoms with Crippen LogP contribution in [0.1, 0.15) is 13.3 Å². The number of hydrogen-bond donors (Lipinski definition) is 1. The molecule has 0 radical (unpaired) electrons. The van der Waals surface area contributed by atoms with E-state index in [-0.39, 0.29) is 11.8 Å². The van der Waals surface area contributed by atoms with Gasteiger partial charge in [-0.05, 0) is 24.4 Å². The fourth-order valence-electron chi connectivity index (χ4n) is 2.50. The van der Waals surface area contributed by atoms with E-state index in [1.54, 1.807) is 24.2 Å². The van der Waals surface area contributed by atoms with Gasteiger partial charge in [-0.15, -0.1) is 0 Å². The molecule has 20 heavy (non-hydrogen) atoms. The summed E-state index contributed by atoms with van der Waals surface area (Å²) in [6.07, 6.45) is 3.79. The highest BCUT2D eigenvalue weighted by atomic mass is 16.2. The first kappa shape index (κ1) is 12.6. The molecule has 0 spiro atoms. The smallest absolute Gasteiger partial charge is 0.249 e. The molecule has 1 fully saturated rings. The summed E-state index contributed by atoms with van der Waals surface area (Å²) in [4.78, 5) is 29.8. The molecular weight excluding hydrogens is 254 g/mol. The van der Waals surface area contributed by atoms with Crippen molar-refractivity contribution in [1.82, 2.24) is 10.3 Å². The summed E-state index contributed by atoms with van der Waals surface area (Å²) in [7, 11) is 0. The highest BCUT2D eigenvalue weighted by Crippen LogP contribution is 2.27. The van der Waals surface area contributed by atoms with Gasteiger partial charge in [-0.1, -0.05) is 12.1 Å². The Hall–Kier alpha value is -2.43. The second kappa shape index (κ2) is 4.92. The van der Waals surface area contributed by atoms with Gasteiger partial charge in [0, 0.05) is 30.7 Å². The molecule has 102 valence electrons. The van der Waals surface area contributed by atoms with Crippen LogP contribution in [0.2, 0.25) is 0 Å². The highest BCUT2D eigenvalue weighted by Gasteiger charge is 2.28. The number of carbonyl (C=O) groups excluding carboxylic acids is 2. The van der Waals surface area contributed by atoms with Gasteiger partial charge < -0.3 is 10.2 Å². The van der Waals surface area contributed by atoms with Gasteiger partial charge in [-0.25, -0.2) is 0 Å². The van der Waals surface area contributed by atoms with Crippen molar-refractivity contribution >= 4 is 28.3 Å². The van der Waals surface area contributed by atoms with E-state index in [1.165, 1.54) is 0 Å². The quantitative estimate of drug-likeness (QED) is 0.853. The molecule has 1 aromatic carbocycles. The average Bonchev–Trinajstić information content (AvgIpc) is 2.58. The number of pyridine rings is 1. The fraction of sp³-hybridized carbons (Fsp3) is 0.267. The van der Waals surface area contributed by atoms with Crippen molar-refractivity contribution in [1.29, 1.82) is 0 Å². The summed E-state index contributed by atoms with van der Waals surface area (Å²) in [6, 6.07) is 7.20. The minimum Gasteiger partial charge on any atom is -0.345 e. The van der Waals surface area contributed by atoms with E-state index in [1.807, 2.05) is 24.3 Å². The number of carbonyl (C=O) groups is 2. The van der Waals surface area contributed by atoms with Crippen molar-refractivity contribution in [2.24, 2.45) is 0 Å². The lowest BCUT2D eigenvalue weighted by Gasteiger charge is -2.23. The topological polar surface area (TPSA) is 62.3 Å². The molecule has 5 heteroatoms. The van der Waals surface area contributed by atoms with E-state index in [2.05, 4.69) is 10.3 Å². The number of nitrogens with zero attached hydrogens (tertiary/aromatic N) is 2. The number of rotatable bonds is 1. The molecule has 5 nitrogen and oxygen atoms in total. The van der Waals surface area contributed by atoms with E-state index in [0.717, 1.165) is 16.5 Å². The number of amides is 2. The zero-order chi connectivity index (χ0) is 14.1. The lowest BCUT2D eigenvalue weighted by Crippen LogP contribution is -2.42. The molecule has 0 bridgehead atoms. The van der Waals surface area contributed by atoms with Crippen molar-refractivity contribution in [3.8, 4) is 0 Å². The maximum Gasteiger partial charge on any atom is 0.249 e. The molecule has 2 amide bonds.